The van der Waals surface area contributed by atoms with Crippen molar-refractivity contribution in [2.45, 2.75) is 37.9 Å². The van der Waals surface area contributed by atoms with Gasteiger partial charge in [-0.05, 0) is 6.92 Å². The van der Waals surface area contributed by atoms with Gasteiger partial charge in [-0.1, -0.05) is 0 Å². The van der Waals surface area contributed by atoms with E-state index in [0.29, 0.717) is 6.42 Å². The van der Waals surface area contributed by atoms with Gasteiger partial charge in [-0.2, -0.15) is 0 Å². The second-order valence-electron chi connectivity index (χ2n) is 3.01. The summed E-state index contributed by atoms with van der Waals surface area (Å²) in [7, 11) is 3.17. The molecule has 4 atom stereocenters. The Labute approximate surface area is 72.4 Å². The Balaban J connectivity index is 2.52. The van der Waals surface area contributed by atoms with Crippen LogP contribution in [0, 0.1) is 0 Å². The highest BCUT2D eigenvalue weighted by Gasteiger charge is 2.35. The van der Waals surface area contributed by atoms with Crippen LogP contribution in [0.3, 0.4) is 0 Å². The molecule has 1 fully saturated rings. The van der Waals surface area contributed by atoms with Crippen molar-refractivity contribution in [3.05, 3.63) is 0 Å². The van der Waals surface area contributed by atoms with Crippen molar-refractivity contribution in [3.63, 3.8) is 0 Å². The molecule has 1 saturated heterocycles. The molecule has 0 aromatic heterocycles. The minimum absolute atomic E-state index is 0.182. The highest BCUT2D eigenvalue weighted by Crippen LogP contribution is 2.22. The van der Waals surface area contributed by atoms with Crippen LogP contribution >= 0.6 is 0 Å². The van der Waals surface area contributed by atoms with E-state index >= 15 is 0 Å². The van der Waals surface area contributed by atoms with Gasteiger partial charge < -0.3 is 19.3 Å². The highest BCUT2D eigenvalue weighted by molar-refractivity contribution is 4.80. The standard InChI is InChI=1S/C8H16O4/c1-5-8(9)6(10-2)4-7(11-3)12-5/h5-9H,4H2,1-3H3/t5-,6+,7-,8-/m1/s1. The van der Waals surface area contributed by atoms with Gasteiger partial charge in [0.25, 0.3) is 0 Å². The molecule has 1 aliphatic heterocycles. The molecule has 1 rings (SSSR count). The third-order valence-electron chi connectivity index (χ3n) is 2.22. The second-order valence-corrected chi connectivity index (χ2v) is 3.01. The quantitative estimate of drug-likeness (QED) is 0.650. The zero-order valence-electron chi connectivity index (χ0n) is 7.69. The lowest BCUT2D eigenvalue weighted by molar-refractivity contribution is -0.241. The fourth-order valence-electron chi connectivity index (χ4n) is 1.39. The second kappa shape index (κ2) is 4.18. The van der Waals surface area contributed by atoms with Crippen LogP contribution in [0.25, 0.3) is 0 Å². The van der Waals surface area contributed by atoms with Crippen LogP contribution in [0.5, 0.6) is 0 Å². The first-order valence-electron chi connectivity index (χ1n) is 4.08. The predicted molar refractivity (Wildman–Crippen MR) is 42.8 cm³/mol. The van der Waals surface area contributed by atoms with Gasteiger partial charge in [0.15, 0.2) is 6.29 Å². The SMILES string of the molecule is CO[C@H]1C[C@H](OC)[C@H](O)[C@@H](C)O1. The first-order valence-corrected chi connectivity index (χ1v) is 4.08. The fourth-order valence-corrected chi connectivity index (χ4v) is 1.39. The molecule has 0 amide bonds. The van der Waals surface area contributed by atoms with Gasteiger partial charge in [0.05, 0.1) is 12.2 Å². The summed E-state index contributed by atoms with van der Waals surface area (Å²) in [5.74, 6) is 0. The largest absolute Gasteiger partial charge is 0.388 e. The Kier molecular flexibility index (Phi) is 3.46. The maximum absolute atomic E-state index is 9.55. The van der Waals surface area contributed by atoms with E-state index in [1.165, 1.54) is 0 Å². The number of hydrogen-bond acceptors (Lipinski definition) is 4. The monoisotopic (exact) mass is 176 g/mol. The van der Waals surface area contributed by atoms with Crippen LogP contribution in [0.4, 0.5) is 0 Å². The van der Waals surface area contributed by atoms with Gasteiger partial charge in [0, 0.05) is 20.6 Å². The van der Waals surface area contributed by atoms with Crippen molar-refractivity contribution in [3.8, 4) is 0 Å². The van der Waals surface area contributed by atoms with E-state index in [1.807, 2.05) is 6.92 Å². The third-order valence-corrected chi connectivity index (χ3v) is 2.22. The topological polar surface area (TPSA) is 47.9 Å². The molecule has 1 N–H and O–H groups in total. The zero-order valence-corrected chi connectivity index (χ0v) is 7.69. The molecule has 0 saturated carbocycles. The third kappa shape index (κ3) is 1.95. The minimum atomic E-state index is -0.554. The molecule has 1 heterocycles. The maximum Gasteiger partial charge on any atom is 0.160 e. The molecule has 12 heavy (non-hydrogen) atoms. The van der Waals surface area contributed by atoms with Crippen molar-refractivity contribution in [1.29, 1.82) is 0 Å². The van der Waals surface area contributed by atoms with Crippen LogP contribution in [-0.2, 0) is 14.2 Å². The summed E-state index contributed by atoms with van der Waals surface area (Å²) in [6.07, 6.45) is -0.638. The number of hydrogen-bond donors (Lipinski definition) is 1. The number of ether oxygens (including phenoxy) is 3. The lowest BCUT2D eigenvalue weighted by atomic mass is 10.0. The van der Waals surface area contributed by atoms with Crippen LogP contribution in [0.2, 0.25) is 0 Å². The van der Waals surface area contributed by atoms with Gasteiger partial charge in [-0.15, -0.1) is 0 Å². The van der Waals surface area contributed by atoms with Crippen molar-refractivity contribution >= 4 is 0 Å². The number of methoxy groups -OCH3 is 2. The first kappa shape index (κ1) is 9.92. The smallest absolute Gasteiger partial charge is 0.160 e. The van der Waals surface area contributed by atoms with Gasteiger partial charge in [0.1, 0.15) is 6.10 Å². The Morgan fingerprint density at radius 2 is 2.00 bits per heavy atom. The van der Waals surface area contributed by atoms with E-state index in [4.69, 9.17) is 14.2 Å². The molecule has 0 spiro atoms. The molecule has 0 aromatic carbocycles. The highest BCUT2D eigenvalue weighted by atomic mass is 16.7. The van der Waals surface area contributed by atoms with E-state index < -0.39 is 6.10 Å². The molecule has 0 bridgehead atoms. The van der Waals surface area contributed by atoms with Crippen molar-refractivity contribution in [2.24, 2.45) is 0 Å². The van der Waals surface area contributed by atoms with E-state index in [1.54, 1.807) is 14.2 Å². The molecule has 72 valence electrons. The van der Waals surface area contributed by atoms with Crippen molar-refractivity contribution in [1.82, 2.24) is 0 Å². The van der Waals surface area contributed by atoms with Crippen molar-refractivity contribution < 1.29 is 19.3 Å². The minimum Gasteiger partial charge on any atom is -0.388 e. The van der Waals surface area contributed by atoms with Crippen LogP contribution in [0.1, 0.15) is 13.3 Å². The summed E-state index contributed by atoms with van der Waals surface area (Å²) in [5, 5.41) is 9.55. The number of aliphatic hydroxyl groups is 1. The zero-order chi connectivity index (χ0) is 9.14. The summed E-state index contributed by atoms with van der Waals surface area (Å²) in [5.41, 5.74) is 0. The van der Waals surface area contributed by atoms with Gasteiger partial charge in [-0.3, -0.25) is 0 Å². The van der Waals surface area contributed by atoms with Crippen molar-refractivity contribution in [2.75, 3.05) is 14.2 Å². The number of rotatable bonds is 2. The average Bonchev–Trinajstić information content (AvgIpc) is 2.09. The van der Waals surface area contributed by atoms with E-state index in [0.717, 1.165) is 0 Å². The first-order chi connectivity index (χ1) is 5.69. The number of aliphatic hydroxyl groups excluding tert-OH is 1. The maximum atomic E-state index is 9.55. The molecule has 0 unspecified atom stereocenters. The summed E-state index contributed by atoms with van der Waals surface area (Å²) in [6.45, 7) is 1.81. The van der Waals surface area contributed by atoms with Gasteiger partial charge in [-0.25, -0.2) is 0 Å². The summed E-state index contributed by atoms with van der Waals surface area (Å²) < 4.78 is 15.5. The fraction of sp³-hybridized carbons (Fsp3) is 1.00. The van der Waals surface area contributed by atoms with Gasteiger partial charge in [0.2, 0.25) is 0 Å². The summed E-state index contributed by atoms with van der Waals surface area (Å²) >= 11 is 0. The average molecular weight is 176 g/mol. The Morgan fingerprint density at radius 1 is 1.33 bits per heavy atom. The molecule has 4 heteroatoms. The van der Waals surface area contributed by atoms with E-state index in [2.05, 4.69) is 0 Å². The Morgan fingerprint density at radius 3 is 2.50 bits per heavy atom. The molecular formula is C8H16O4. The van der Waals surface area contributed by atoms with Gasteiger partial charge >= 0.3 is 0 Å². The lowest BCUT2D eigenvalue weighted by Crippen LogP contribution is -2.48. The van der Waals surface area contributed by atoms with Crippen LogP contribution in [0.15, 0.2) is 0 Å². The molecular weight excluding hydrogens is 160 g/mol. The Bertz CT molecular complexity index is 139. The molecule has 4 nitrogen and oxygen atoms in total. The summed E-state index contributed by atoms with van der Waals surface area (Å²) in [4.78, 5) is 0. The Hall–Kier alpha value is -0.160. The summed E-state index contributed by atoms with van der Waals surface area (Å²) in [6, 6.07) is 0. The molecule has 0 radical (unpaired) electrons. The van der Waals surface area contributed by atoms with E-state index in [9.17, 15) is 5.11 Å². The van der Waals surface area contributed by atoms with E-state index in [-0.39, 0.29) is 18.5 Å². The van der Waals surface area contributed by atoms with Crippen LogP contribution < -0.4 is 0 Å². The molecule has 0 aromatic rings. The molecule has 1 aliphatic rings. The lowest BCUT2D eigenvalue weighted by Gasteiger charge is -2.36. The predicted octanol–water partition coefficient (Wildman–Crippen LogP) is 0.144. The van der Waals surface area contributed by atoms with Crippen LogP contribution in [-0.4, -0.2) is 43.9 Å². The normalized spacial score (nSPS) is 43.0. The molecule has 0 aliphatic carbocycles.